The van der Waals surface area contributed by atoms with Crippen LogP contribution in [0, 0.1) is 5.41 Å². The quantitative estimate of drug-likeness (QED) is 0.662. The van der Waals surface area contributed by atoms with Crippen molar-refractivity contribution in [2.24, 2.45) is 11.1 Å². The zero-order chi connectivity index (χ0) is 14.6. The number of aromatic nitrogens is 1. The predicted molar refractivity (Wildman–Crippen MR) is 85.6 cm³/mol. The number of rotatable bonds is 4. The minimum atomic E-state index is -0.669. The highest BCUT2D eigenvalue weighted by Crippen LogP contribution is 2.36. The Morgan fingerprint density at radius 3 is 2.60 bits per heavy atom. The molecule has 1 amide bonds. The molecule has 0 spiro atoms. The summed E-state index contributed by atoms with van der Waals surface area (Å²) in [5, 5.41) is 5.86. The van der Waals surface area contributed by atoms with Crippen LogP contribution >= 0.6 is 23.6 Å². The van der Waals surface area contributed by atoms with Gasteiger partial charge in [-0.25, -0.2) is 4.98 Å². The summed E-state index contributed by atoms with van der Waals surface area (Å²) in [6.45, 7) is 1.95. The van der Waals surface area contributed by atoms with Crippen molar-refractivity contribution >= 4 is 34.5 Å². The first kappa shape index (κ1) is 15.4. The molecule has 3 N–H and O–H groups in total. The summed E-state index contributed by atoms with van der Waals surface area (Å²) in [7, 11) is 0. The van der Waals surface area contributed by atoms with Crippen LogP contribution < -0.4 is 11.1 Å². The highest BCUT2D eigenvalue weighted by Gasteiger charge is 2.42. The van der Waals surface area contributed by atoms with Gasteiger partial charge in [-0.05, 0) is 19.8 Å². The molecule has 1 fully saturated rings. The molecule has 2 rings (SSSR count). The third-order valence-electron chi connectivity index (χ3n) is 4.03. The van der Waals surface area contributed by atoms with Crippen LogP contribution in [-0.4, -0.2) is 15.9 Å². The minimum Gasteiger partial charge on any atom is -0.392 e. The smallest absolute Gasteiger partial charge is 0.233 e. The van der Waals surface area contributed by atoms with E-state index in [9.17, 15) is 4.79 Å². The molecule has 110 valence electrons. The first-order valence-corrected chi connectivity index (χ1v) is 8.35. The zero-order valence-electron chi connectivity index (χ0n) is 11.7. The number of nitrogens with one attached hydrogen (secondary N) is 1. The van der Waals surface area contributed by atoms with Crippen molar-refractivity contribution in [1.82, 2.24) is 10.3 Å². The molecular weight excluding hydrogens is 290 g/mol. The van der Waals surface area contributed by atoms with Gasteiger partial charge in [0.05, 0.1) is 16.4 Å². The van der Waals surface area contributed by atoms with E-state index in [4.69, 9.17) is 18.0 Å². The van der Waals surface area contributed by atoms with Crippen LogP contribution in [0.1, 0.15) is 56.5 Å². The molecule has 1 atom stereocenters. The SMILES string of the molecule is CC(NC(=O)C1(C(N)=S)CCCCCC1)c1nccs1. The lowest BCUT2D eigenvalue weighted by atomic mass is 9.79. The maximum Gasteiger partial charge on any atom is 0.233 e. The summed E-state index contributed by atoms with van der Waals surface area (Å²) in [5.41, 5.74) is 5.26. The summed E-state index contributed by atoms with van der Waals surface area (Å²) in [6.07, 6.45) is 7.60. The van der Waals surface area contributed by atoms with Crippen molar-refractivity contribution in [3.8, 4) is 0 Å². The van der Waals surface area contributed by atoms with Gasteiger partial charge >= 0.3 is 0 Å². The summed E-state index contributed by atoms with van der Waals surface area (Å²) < 4.78 is 0. The van der Waals surface area contributed by atoms with Gasteiger partial charge in [0.15, 0.2) is 0 Å². The van der Waals surface area contributed by atoms with Gasteiger partial charge in [0.2, 0.25) is 5.91 Å². The van der Waals surface area contributed by atoms with E-state index < -0.39 is 5.41 Å². The van der Waals surface area contributed by atoms with E-state index in [0.29, 0.717) is 4.99 Å². The maximum absolute atomic E-state index is 12.7. The van der Waals surface area contributed by atoms with Crippen LogP contribution in [0.25, 0.3) is 0 Å². The molecule has 1 unspecified atom stereocenters. The van der Waals surface area contributed by atoms with Gasteiger partial charge in [0.25, 0.3) is 0 Å². The van der Waals surface area contributed by atoms with E-state index in [1.807, 2.05) is 12.3 Å². The van der Waals surface area contributed by atoms with Crippen molar-refractivity contribution in [3.05, 3.63) is 16.6 Å². The van der Waals surface area contributed by atoms with Crippen molar-refractivity contribution in [1.29, 1.82) is 0 Å². The van der Waals surface area contributed by atoms with Crippen molar-refractivity contribution in [2.45, 2.75) is 51.5 Å². The van der Waals surface area contributed by atoms with Crippen molar-refractivity contribution in [3.63, 3.8) is 0 Å². The molecule has 1 aliphatic carbocycles. The van der Waals surface area contributed by atoms with Crippen LogP contribution in [0.15, 0.2) is 11.6 Å². The Kier molecular flexibility index (Phi) is 5.10. The standard InChI is InChI=1S/C14H21N3OS2/c1-10(11-16-8-9-20-11)17-13(18)14(12(15)19)6-4-2-3-5-7-14/h8-10H,2-7H2,1H3,(H2,15,19)(H,17,18). The highest BCUT2D eigenvalue weighted by atomic mass is 32.1. The van der Waals surface area contributed by atoms with Crippen LogP contribution in [0.2, 0.25) is 0 Å². The Bertz CT molecular complexity index is 465. The summed E-state index contributed by atoms with van der Waals surface area (Å²) in [4.78, 5) is 17.3. The molecule has 6 heteroatoms. The normalized spacial score (nSPS) is 19.9. The number of nitrogens with two attached hydrogens (primary N) is 1. The van der Waals surface area contributed by atoms with Crippen molar-refractivity contribution in [2.75, 3.05) is 0 Å². The lowest BCUT2D eigenvalue weighted by molar-refractivity contribution is -0.128. The molecule has 1 saturated carbocycles. The fraction of sp³-hybridized carbons (Fsp3) is 0.643. The Morgan fingerprint density at radius 1 is 1.45 bits per heavy atom. The molecular formula is C14H21N3OS2. The van der Waals surface area contributed by atoms with E-state index >= 15 is 0 Å². The Morgan fingerprint density at radius 2 is 2.10 bits per heavy atom. The second-order valence-electron chi connectivity index (χ2n) is 5.43. The average Bonchev–Trinajstić information content (AvgIpc) is 2.82. The largest absolute Gasteiger partial charge is 0.392 e. The highest BCUT2D eigenvalue weighted by molar-refractivity contribution is 7.80. The van der Waals surface area contributed by atoms with E-state index in [0.717, 1.165) is 43.5 Å². The third kappa shape index (κ3) is 3.17. The van der Waals surface area contributed by atoms with Crippen LogP contribution in [0.5, 0.6) is 0 Å². The minimum absolute atomic E-state index is 0.0328. The lowest BCUT2D eigenvalue weighted by Gasteiger charge is -2.31. The molecule has 1 aliphatic rings. The maximum atomic E-state index is 12.7. The number of nitrogens with zero attached hydrogens (tertiary/aromatic N) is 1. The second-order valence-corrected chi connectivity index (χ2v) is 6.79. The number of hydrogen-bond donors (Lipinski definition) is 2. The van der Waals surface area contributed by atoms with Gasteiger partial charge in [-0.15, -0.1) is 11.3 Å². The van der Waals surface area contributed by atoms with Gasteiger partial charge in [0, 0.05) is 11.6 Å². The van der Waals surface area contributed by atoms with E-state index in [1.54, 1.807) is 17.5 Å². The third-order valence-corrected chi connectivity index (χ3v) is 5.38. The van der Waals surface area contributed by atoms with Crippen LogP contribution in [0.4, 0.5) is 0 Å². The summed E-state index contributed by atoms with van der Waals surface area (Å²) in [5.74, 6) is -0.0328. The first-order chi connectivity index (χ1) is 9.56. The lowest BCUT2D eigenvalue weighted by Crippen LogP contribution is -2.49. The summed E-state index contributed by atoms with van der Waals surface area (Å²) in [6, 6.07) is -0.100. The number of amides is 1. The predicted octanol–water partition coefficient (Wildman–Crippen LogP) is 2.95. The van der Waals surface area contributed by atoms with E-state index in [1.165, 1.54) is 0 Å². The fourth-order valence-corrected chi connectivity index (χ4v) is 3.71. The van der Waals surface area contributed by atoms with Crippen molar-refractivity contribution < 1.29 is 4.79 Å². The number of carbonyl (C=O) groups excluding carboxylic acids is 1. The van der Waals surface area contributed by atoms with Gasteiger partial charge in [-0.2, -0.15) is 0 Å². The molecule has 1 heterocycles. The van der Waals surface area contributed by atoms with Gasteiger partial charge in [0.1, 0.15) is 5.01 Å². The van der Waals surface area contributed by atoms with E-state index in [-0.39, 0.29) is 11.9 Å². The first-order valence-electron chi connectivity index (χ1n) is 7.06. The number of thiazole rings is 1. The Balaban J connectivity index is 2.12. The Labute approximate surface area is 129 Å². The molecule has 0 bridgehead atoms. The molecule has 20 heavy (non-hydrogen) atoms. The van der Waals surface area contributed by atoms with E-state index in [2.05, 4.69) is 10.3 Å². The molecule has 0 aromatic carbocycles. The topological polar surface area (TPSA) is 68.0 Å². The molecule has 1 aromatic heterocycles. The molecule has 0 saturated heterocycles. The van der Waals surface area contributed by atoms with Crippen LogP contribution in [0.3, 0.4) is 0 Å². The molecule has 1 aromatic rings. The number of thiocarbonyl (C=S) groups is 1. The average molecular weight is 311 g/mol. The molecule has 0 aliphatic heterocycles. The molecule has 4 nitrogen and oxygen atoms in total. The number of hydrogen-bond acceptors (Lipinski definition) is 4. The summed E-state index contributed by atoms with van der Waals surface area (Å²) >= 11 is 6.76. The molecule has 0 radical (unpaired) electrons. The van der Waals surface area contributed by atoms with Gasteiger partial charge in [-0.3, -0.25) is 4.79 Å². The van der Waals surface area contributed by atoms with Gasteiger partial charge in [-0.1, -0.05) is 37.9 Å². The van der Waals surface area contributed by atoms with Gasteiger partial charge < -0.3 is 11.1 Å². The number of carbonyl (C=O) groups is 1. The van der Waals surface area contributed by atoms with Crippen LogP contribution in [-0.2, 0) is 4.79 Å². The monoisotopic (exact) mass is 311 g/mol. The Hall–Kier alpha value is -1.01. The zero-order valence-corrected chi connectivity index (χ0v) is 13.4. The second kappa shape index (κ2) is 6.63. The fourth-order valence-electron chi connectivity index (χ4n) is 2.76.